The maximum Gasteiger partial charge on any atom is 0.320 e. The highest BCUT2D eigenvalue weighted by Crippen LogP contribution is 2.33. The first-order valence-electron chi connectivity index (χ1n) is 8.71. The molecule has 3 rings (SSSR count). The number of carboxylic acids is 1. The first-order chi connectivity index (χ1) is 13.8. The maximum atomic E-state index is 11.2. The van der Waals surface area contributed by atoms with Gasteiger partial charge in [-0.2, -0.15) is 0 Å². The van der Waals surface area contributed by atoms with E-state index in [4.69, 9.17) is 15.6 Å². The molecule has 1 atom stereocenters. The van der Waals surface area contributed by atoms with Crippen molar-refractivity contribution in [1.82, 2.24) is 4.57 Å². The van der Waals surface area contributed by atoms with Gasteiger partial charge in [0.25, 0.3) is 0 Å². The molecule has 8 heteroatoms. The van der Waals surface area contributed by atoms with E-state index in [1.165, 1.54) is 12.1 Å². The second-order valence-electron chi connectivity index (χ2n) is 6.49. The minimum absolute atomic E-state index is 0.0183. The number of hydrogen-bond donors (Lipinski definition) is 2. The number of rotatable bonds is 7. The van der Waals surface area contributed by atoms with E-state index in [-0.39, 0.29) is 11.8 Å². The highest BCUT2D eigenvalue weighted by molar-refractivity contribution is 14.1. The molecule has 0 bridgehead atoms. The van der Waals surface area contributed by atoms with Gasteiger partial charge in [0.15, 0.2) is 11.2 Å². The van der Waals surface area contributed by atoms with Crippen molar-refractivity contribution in [3.8, 4) is 11.5 Å². The number of carboxylic acid groups (broad SMARTS) is 1. The summed E-state index contributed by atoms with van der Waals surface area (Å²) in [7, 11) is 0. The molecule has 1 heterocycles. The highest BCUT2D eigenvalue weighted by atomic mass is 127. The predicted octanol–water partition coefficient (Wildman–Crippen LogP) is 3.85. The third-order valence-corrected chi connectivity index (χ3v) is 5.78. The number of ether oxygens (including phenoxy) is 1. The van der Waals surface area contributed by atoms with Gasteiger partial charge in [0.05, 0.1) is 7.14 Å². The second-order valence-corrected chi connectivity index (χ2v) is 8.82. The van der Waals surface area contributed by atoms with E-state index in [9.17, 15) is 9.59 Å². The summed E-state index contributed by atoms with van der Waals surface area (Å²) in [5.41, 5.74) is 7.52. The Hall–Kier alpha value is -1.92. The van der Waals surface area contributed by atoms with E-state index in [2.05, 4.69) is 45.2 Å². The number of nitrogens with two attached hydrogens (primary N) is 1. The van der Waals surface area contributed by atoms with Crippen LogP contribution in [0.15, 0.2) is 65.7 Å². The van der Waals surface area contributed by atoms with E-state index >= 15 is 0 Å². The number of nitrogens with zero attached hydrogens (tertiary/aromatic N) is 1. The molecular formula is C21H18I2N2O4. The summed E-state index contributed by atoms with van der Waals surface area (Å²) < 4.78 is 9.81. The second kappa shape index (κ2) is 9.72. The van der Waals surface area contributed by atoms with Crippen molar-refractivity contribution < 1.29 is 14.6 Å². The van der Waals surface area contributed by atoms with Gasteiger partial charge in [-0.25, -0.2) is 0 Å². The average Bonchev–Trinajstić information content (AvgIpc) is 2.67. The average molecular weight is 616 g/mol. The number of halogens is 2. The molecule has 0 amide bonds. The van der Waals surface area contributed by atoms with Crippen LogP contribution in [-0.4, -0.2) is 21.7 Å². The SMILES string of the molecule is NC(Cc1cc(I)c(Oc2cccc(Cn3ccc(=O)cc3)c2)c(I)c1)C(=O)O. The summed E-state index contributed by atoms with van der Waals surface area (Å²) in [5, 5.41) is 9.01. The van der Waals surface area contributed by atoms with Crippen molar-refractivity contribution >= 4 is 51.2 Å². The summed E-state index contributed by atoms with van der Waals surface area (Å²) in [6.45, 7) is 0.623. The molecule has 6 nitrogen and oxygen atoms in total. The molecule has 1 unspecified atom stereocenters. The smallest absolute Gasteiger partial charge is 0.320 e. The Morgan fingerprint density at radius 2 is 1.72 bits per heavy atom. The molecule has 0 aliphatic carbocycles. The number of pyridine rings is 1. The first-order valence-corrected chi connectivity index (χ1v) is 10.9. The van der Waals surface area contributed by atoms with Gasteiger partial charge in [-0.15, -0.1) is 0 Å². The molecule has 150 valence electrons. The van der Waals surface area contributed by atoms with Crippen LogP contribution in [0.2, 0.25) is 0 Å². The van der Waals surface area contributed by atoms with Crippen molar-refractivity contribution in [2.75, 3.05) is 0 Å². The van der Waals surface area contributed by atoms with Crippen LogP contribution in [-0.2, 0) is 17.8 Å². The minimum atomic E-state index is -1.02. The van der Waals surface area contributed by atoms with Crippen LogP contribution in [0.3, 0.4) is 0 Å². The molecule has 0 saturated heterocycles. The van der Waals surface area contributed by atoms with E-state index in [0.717, 1.165) is 24.0 Å². The molecule has 3 N–H and O–H groups in total. The van der Waals surface area contributed by atoms with Crippen LogP contribution >= 0.6 is 45.2 Å². The quantitative estimate of drug-likeness (QED) is 0.394. The van der Waals surface area contributed by atoms with Gasteiger partial charge in [0.2, 0.25) is 0 Å². The lowest BCUT2D eigenvalue weighted by Gasteiger charge is -2.14. The third-order valence-electron chi connectivity index (χ3n) is 4.17. The number of aliphatic carboxylic acids is 1. The molecule has 0 aliphatic heterocycles. The Bertz CT molecular complexity index is 1050. The molecule has 3 aromatic rings. The zero-order chi connectivity index (χ0) is 21.0. The van der Waals surface area contributed by atoms with Crippen LogP contribution in [0.25, 0.3) is 0 Å². The standard InChI is InChI=1S/C21H18I2N2O4/c22-17-9-14(11-19(24)21(27)28)10-18(23)20(17)29-16-3-1-2-13(8-16)12-25-6-4-15(26)5-7-25/h1-10,19H,11-12,24H2,(H,27,28). The molecule has 1 aromatic heterocycles. The predicted molar refractivity (Wildman–Crippen MR) is 128 cm³/mol. The van der Waals surface area contributed by atoms with Crippen LogP contribution in [0.5, 0.6) is 11.5 Å². The lowest BCUT2D eigenvalue weighted by atomic mass is 10.1. The number of benzene rings is 2. The zero-order valence-corrected chi connectivity index (χ0v) is 19.5. The molecule has 2 aromatic carbocycles. The molecule has 0 aliphatic rings. The van der Waals surface area contributed by atoms with Crippen LogP contribution in [0.1, 0.15) is 11.1 Å². The maximum absolute atomic E-state index is 11.2. The van der Waals surface area contributed by atoms with Crippen molar-refractivity contribution in [3.05, 3.63) is 89.4 Å². The fourth-order valence-corrected chi connectivity index (χ4v) is 4.87. The van der Waals surface area contributed by atoms with Crippen LogP contribution in [0.4, 0.5) is 0 Å². The van der Waals surface area contributed by atoms with Gasteiger partial charge >= 0.3 is 5.97 Å². The van der Waals surface area contributed by atoms with Gasteiger partial charge in [0.1, 0.15) is 11.8 Å². The van der Waals surface area contributed by atoms with Crippen molar-refractivity contribution in [1.29, 1.82) is 0 Å². The highest BCUT2D eigenvalue weighted by Gasteiger charge is 2.16. The lowest BCUT2D eigenvalue weighted by Crippen LogP contribution is -2.32. The Morgan fingerprint density at radius 1 is 1.07 bits per heavy atom. The first kappa shape index (κ1) is 21.8. The topological polar surface area (TPSA) is 94.5 Å². The fraction of sp³-hybridized carbons (Fsp3) is 0.143. The van der Waals surface area contributed by atoms with Crippen molar-refractivity contribution in [2.45, 2.75) is 19.0 Å². The molecule has 0 spiro atoms. The summed E-state index contributed by atoms with van der Waals surface area (Å²) in [6, 6.07) is 13.7. The summed E-state index contributed by atoms with van der Waals surface area (Å²) in [4.78, 5) is 22.2. The molecule has 0 saturated carbocycles. The van der Waals surface area contributed by atoms with Gasteiger partial charge in [-0.3, -0.25) is 9.59 Å². The Labute approximate surface area is 195 Å². The fourth-order valence-electron chi connectivity index (χ4n) is 2.75. The largest absolute Gasteiger partial charge is 0.480 e. The Balaban J connectivity index is 1.78. The minimum Gasteiger partial charge on any atom is -0.480 e. The van der Waals surface area contributed by atoms with Crippen LogP contribution < -0.4 is 15.9 Å². The molecule has 29 heavy (non-hydrogen) atoms. The normalized spacial score (nSPS) is 11.8. The van der Waals surface area contributed by atoms with Gasteiger partial charge in [-0.05, 0) is 87.0 Å². The van der Waals surface area contributed by atoms with Gasteiger partial charge < -0.3 is 20.1 Å². The summed E-state index contributed by atoms with van der Waals surface area (Å²) in [5.74, 6) is 0.406. The zero-order valence-electron chi connectivity index (χ0n) is 15.2. The van der Waals surface area contributed by atoms with Crippen molar-refractivity contribution in [2.24, 2.45) is 5.73 Å². The lowest BCUT2D eigenvalue weighted by molar-refractivity contribution is -0.138. The van der Waals surface area contributed by atoms with E-state index in [1.54, 1.807) is 12.4 Å². The summed E-state index contributed by atoms with van der Waals surface area (Å²) >= 11 is 4.36. The van der Waals surface area contributed by atoms with Gasteiger partial charge in [0, 0.05) is 31.1 Å². The number of hydrogen-bond acceptors (Lipinski definition) is 4. The molecule has 0 radical (unpaired) electrons. The van der Waals surface area contributed by atoms with Crippen LogP contribution in [0, 0.1) is 7.14 Å². The monoisotopic (exact) mass is 616 g/mol. The van der Waals surface area contributed by atoms with E-state index in [0.29, 0.717) is 12.3 Å². The molecular weight excluding hydrogens is 598 g/mol. The van der Waals surface area contributed by atoms with E-state index in [1.807, 2.05) is 41.0 Å². The summed E-state index contributed by atoms with van der Waals surface area (Å²) in [6.07, 6.45) is 3.76. The van der Waals surface area contributed by atoms with Gasteiger partial charge in [-0.1, -0.05) is 12.1 Å². The molecule has 0 fully saturated rings. The van der Waals surface area contributed by atoms with Crippen molar-refractivity contribution in [3.63, 3.8) is 0 Å². The van der Waals surface area contributed by atoms with E-state index < -0.39 is 12.0 Å². The number of carbonyl (C=O) groups is 1. The Kier molecular flexibility index (Phi) is 7.30. The Morgan fingerprint density at radius 3 is 2.34 bits per heavy atom. The third kappa shape index (κ3) is 6.03. The number of aromatic nitrogens is 1.